The van der Waals surface area contributed by atoms with Gasteiger partial charge in [-0.25, -0.2) is 0 Å². The van der Waals surface area contributed by atoms with Gasteiger partial charge in [0.1, 0.15) is 5.65 Å². The fraction of sp³-hybridized carbons (Fsp3) is 0.125. The van der Waals surface area contributed by atoms with Crippen LogP contribution in [-0.2, 0) is 0 Å². The molecule has 4 nitrogen and oxygen atoms in total. The zero-order chi connectivity index (χ0) is 13.9. The van der Waals surface area contributed by atoms with Crippen LogP contribution >= 0.6 is 0 Å². The smallest absolute Gasteiger partial charge is 0.249 e. The predicted octanol–water partition coefficient (Wildman–Crippen LogP) is 2.99. The van der Waals surface area contributed by atoms with Gasteiger partial charge < -0.3 is 9.72 Å². The average molecular weight is 266 g/mol. The number of fused-ring (bicyclic) bond motifs is 1. The number of aromatic nitrogens is 2. The lowest BCUT2D eigenvalue weighted by Crippen LogP contribution is -2.05. The van der Waals surface area contributed by atoms with Gasteiger partial charge in [-0.15, -0.1) is 0 Å². The molecular weight excluding hydrogens is 252 g/mol. The van der Waals surface area contributed by atoms with E-state index < -0.39 is 0 Å². The molecule has 0 aliphatic carbocycles. The van der Waals surface area contributed by atoms with Crippen molar-refractivity contribution >= 4 is 11.0 Å². The molecule has 2 aromatic heterocycles. The summed E-state index contributed by atoms with van der Waals surface area (Å²) < 4.78 is 5.61. The molecule has 2 heterocycles. The predicted molar refractivity (Wildman–Crippen MR) is 79.0 cm³/mol. The molecule has 0 radical (unpaired) electrons. The van der Waals surface area contributed by atoms with E-state index in [1.54, 1.807) is 6.07 Å². The van der Waals surface area contributed by atoms with Crippen molar-refractivity contribution in [1.29, 1.82) is 0 Å². The molecule has 1 aromatic carbocycles. The van der Waals surface area contributed by atoms with Gasteiger partial charge in [0, 0.05) is 17.0 Å². The number of rotatable bonds is 3. The van der Waals surface area contributed by atoms with Crippen molar-refractivity contribution in [3.05, 3.63) is 58.9 Å². The van der Waals surface area contributed by atoms with E-state index in [0.29, 0.717) is 18.1 Å². The first-order valence-corrected chi connectivity index (χ1v) is 6.50. The highest BCUT2D eigenvalue weighted by atomic mass is 16.5. The second-order valence-corrected chi connectivity index (χ2v) is 4.40. The first-order valence-electron chi connectivity index (χ1n) is 6.50. The number of pyridine rings is 2. The Labute approximate surface area is 116 Å². The molecule has 0 aliphatic rings. The minimum atomic E-state index is -0.167. The number of H-pyrrole nitrogens is 1. The van der Waals surface area contributed by atoms with E-state index in [-0.39, 0.29) is 5.56 Å². The van der Waals surface area contributed by atoms with Gasteiger partial charge in [0.2, 0.25) is 11.4 Å². The van der Waals surface area contributed by atoms with Crippen molar-refractivity contribution in [2.45, 2.75) is 6.92 Å². The Kier molecular flexibility index (Phi) is 3.21. The Morgan fingerprint density at radius 3 is 2.70 bits per heavy atom. The highest BCUT2D eigenvalue weighted by molar-refractivity contribution is 5.83. The van der Waals surface area contributed by atoms with E-state index in [9.17, 15) is 4.79 Å². The van der Waals surface area contributed by atoms with Crippen LogP contribution in [0.25, 0.3) is 22.2 Å². The zero-order valence-electron chi connectivity index (χ0n) is 11.1. The Morgan fingerprint density at radius 2 is 1.95 bits per heavy atom. The van der Waals surface area contributed by atoms with Gasteiger partial charge in [-0.3, -0.25) is 4.79 Å². The molecule has 100 valence electrons. The molecule has 0 saturated carbocycles. The maximum atomic E-state index is 11.4. The Balaban J connectivity index is 2.26. The molecule has 20 heavy (non-hydrogen) atoms. The number of hydrogen-bond acceptors (Lipinski definition) is 3. The van der Waals surface area contributed by atoms with Crippen molar-refractivity contribution in [2.75, 3.05) is 6.61 Å². The summed E-state index contributed by atoms with van der Waals surface area (Å²) in [6, 6.07) is 15.2. The van der Waals surface area contributed by atoms with E-state index in [0.717, 1.165) is 16.5 Å². The minimum Gasteiger partial charge on any atom is -0.477 e. The van der Waals surface area contributed by atoms with E-state index >= 15 is 0 Å². The Bertz CT molecular complexity index is 794. The normalized spacial score (nSPS) is 10.7. The molecule has 0 atom stereocenters. The Morgan fingerprint density at radius 1 is 1.15 bits per heavy atom. The first-order chi connectivity index (χ1) is 9.78. The molecule has 0 unspecified atom stereocenters. The monoisotopic (exact) mass is 266 g/mol. The van der Waals surface area contributed by atoms with Gasteiger partial charge in [0.25, 0.3) is 0 Å². The number of nitrogens with one attached hydrogen (secondary N) is 1. The van der Waals surface area contributed by atoms with E-state index in [1.165, 1.54) is 6.07 Å². The minimum absolute atomic E-state index is 0.167. The molecule has 3 aromatic rings. The highest BCUT2D eigenvalue weighted by Gasteiger charge is 2.10. The topological polar surface area (TPSA) is 55.0 Å². The third kappa shape index (κ3) is 2.28. The Hall–Kier alpha value is -2.62. The lowest BCUT2D eigenvalue weighted by molar-refractivity contribution is 0.329. The third-order valence-electron chi connectivity index (χ3n) is 3.04. The quantitative estimate of drug-likeness (QED) is 0.793. The number of nitrogens with zero attached hydrogens (tertiary/aromatic N) is 1. The van der Waals surface area contributed by atoms with Crippen LogP contribution in [0.1, 0.15) is 6.92 Å². The van der Waals surface area contributed by atoms with Gasteiger partial charge >= 0.3 is 0 Å². The molecule has 0 saturated heterocycles. The summed E-state index contributed by atoms with van der Waals surface area (Å²) >= 11 is 0. The number of aromatic amines is 1. The van der Waals surface area contributed by atoms with Gasteiger partial charge in [0.05, 0.1) is 6.61 Å². The standard InChI is InChI=1S/C16H14N2O2/c1-2-20-16-13(11-6-4-3-5-7-11)10-12-8-9-14(19)17-15(12)18-16/h3-10H,2H2,1H3,(H,17,18,19). The summed E-state index contributed by atoms with van der Waals surface area (Å²) in [7, 11) is 0. The van der Waals surface area contributed by atoms with Gasteiger partial charge in [0.15, 0.2) is 0 Å². The number of ether oxygens (including phenoxy) is 1. The molecule has 4 heteroatoms. The maximum absolute atomic E-state index is 11.4. The third-order valence-corrected chi connectivity index (χ3v) is 3.04. The second-order valence-electron chi connectivity index (χ2n) is 4.40. The summed E-state index contributed by atoms with van der Waals surface area (Å²) in [5.41, 5.74) is 2.34. The van der Waals surface area contributed by atoms with E-state index in [2.05, 4.69) is 9.97 Å². The zero-order valence-corrected chi connectivity index (χ0v) is 11.1. The summed E-state index contributed by atoms with van der Waals surface area (Å²) in [5, 5.41) is 0.881. The second kappa shape index (κ2) is 5.17. The molecule has 0 aliphatic heterocycles. The maximum Gasteiger partial charge on any atom is 0.249 e. The molecule has 0 bridgehead atoms. The highest BCUT2D eigenvalue weighted by Crippen LogP contribution is 2.30. The molecule has 0 spiro atoms. The largest absolute Gasteiger partial charge is 0.477 e. The number of benzene rings is 1. The molecule has 0 amide bonds. The summed E-state index contributed by atoms with van der Waals surface area (Å²) in [4.78, 5) is 18.5. The van der Waals surface area contributed by atoms with Crippen molar-refractivity contribution in [2.24, 2.45) is 0 Å². The first kappa shape index (κ1) is 12.4. The van der Waals surface area contributed by atoms with E-state index in [1.807, 2.05) is 43.3 Å². The van der Waals surface area contributed by atoms with Crippen LogP contribution in [0.2, 0.25) is 0 Å². The van der Waals surface area contributed by atoms with Gasteiger partial charge in [-0.2, -0.15) is 4.98 Å². The van der Waals surface area contributed by atoms with Crippen LogP contribution in [0.5, 0.6) is 5.88 Å². The number of hydrogen-bond donors (Lipinski definition) is 1. The molecule has 0 fully saturated rings. The van der Waals surface area contributed by atoms with Crippen molar-refractivity contribution in [3.8, 4) is 17.0 Å². The summed E-state index contributed by atoms with van der Waals surface area (Å²) in [6.45, 7) is 2.43. The fourth-order valence-electron chi connectivity index (χ4n) is 2.13. The average Bonchev–Trinajstić information content (AvgIpc) is 2.48. The lowest BCUT2D eigenvalue weighted by Gasteiger charge is -2.10. The molecular formula is C16H14N2O2. The van der Waals surface area contributed by atoms with Crippen LogP contribution in [0.4, 0.5) is 0 Å². The van der Waals surface area contributed by atoms with Crippen molar-refractivity contribution in [3.63, 3.8) is 0 Å². The van der Waals surface area contributed by atoms with Crippen LogP contribution in [0.15, 0.2) is 53.3 Å². The van der Waals surface area contributed by atoms with Gasteiger partial charge in [-0.05, 0) is 24.6 Å². The van der Waals surface area contributed by atoms with Crippen molar-refractivity contribution in [1.82, 2.24) is 9.97 Å². The molecule has 1 N–H and O–H groups in total. The van der Waals surface area contributed by atoms with Crippen molar-refractivity contribution < 1.29 is 4.74 Å². The van der Waals surface area contributed by atoms with Crippen LogP contribution in [-0.4, -0.2) is 16.6 Å². The lowest BCUT2D eigenvalue weighted by atomic mass is 10.1. The van der Waals surface area contributed by atoms with Crippen LogP contribution in [0, 0.1) is 0 Å². The van der Waals surface area contributed by atoms with E-state index in [4.69, 9.17) is 4.74 Å². The summed E-state index contributed by atoms with van der Waals surface area (Å²) in [5.74, 6) is 0.535. The molecule has 3 rings (SSSR count). The van der Waals surface area contributed by atoms with Crippen LogP contribution < -0.4 is 10.3 Å². The van der Waals surface area contributed by atoms with Crippen LogP contribution in [0.3, 0.4) is 0 Å². The summed E-state index contributed by atoms with van der Waals surface area (Å²) in [6.07, 6.45) is 0. The fourth-order valence-corrected chi connectivity index (χ4v) is 2.13. The van der Waals surface area contributed by atoms with Gasteiger partial charge in [-0.1, -0.05) is 30.3 Å². The SMILES string of the molecule is CCOc1nc2[nH]c(=O)ccc2cc1-c1ccccc1.